The molecule has 0 fully saturated rings. The Bertz CT molecular complexity index is 218. The van der Waals surface area contributed by atoms with Gasteiger partial charge in [-0.15, -0.1) is 0 Å². The normalized spacial score (nSPS) is 10.1. The van der Waals surface area contributed by atoms with Gasteiger partial charge in [-0.05, 0) is 42.2 Å². The van der Waals surface area contributed by atoms with E-state index in [-0.39, 0.29) is 0 Å². The molecule has 0 spiro atoms. The SMILES string of the molecule is CCc1c[c]cc(CC)c1Cl. The predicted octanol–water partition coefficient (Wildman–Crippen LogP) is 3.26. The molecule has 0 aliphatic heterocycles. The van der Waals surface area contributed by atoms with E-state index in [2.05, 4.69) is 19.9 Å². The van der Waals surface area contributed by atoms with Crippen molar-refractivity contribution in [3.63, 3.8) is 0 Å². The van der Waals surface area contributed by atoms with Crippen molar-refractivity contribution in [2.75, 3.05) is 0 Å². The molecular weight excluding hydrogens is 156 g/mol. The average Bonchev–Trinajstić information content (AvgIpc) is 2.05. The molecule has 0 unspecified atom stereocenters. The third kappa shape index (κ3) is 1.75. The predicted molar refractivity (Wildman–Crippen MR) is 49.0 cm³/mol. The fourth-order valence-electron chi connectivity index (χ4n) is 1.09. The molecule has 0 saturated carbocycles. The molecule has 0 saturated heterocycles. The number of aryl methyl sites for hydroxylation is 2. The molecule has 1 rings (SSSR count). The van der Waals surface area contributed by atoms with Crippen molar-refractivity contribution in [1.82, 2.24) is 0 Å². The molecule has 0 heterocycles. The van der Waals surface area contributed by atoms with Crippen molar-refractivity contribution in [3.8, 4) is 0 Å². The number of benzene rings is 1. The topological polar surface area (TPSA) is 0 Å². The maximum Gasteiger partial charge on any atom is 0.0470 e. The monoisotopic (exact) mass is 167 g/mol. The molecule has 0 N–H and O–H groups in total. The second kappa shape index (κ2) is 3.77. The zero-order valence-electron chi connectivity index (χ0n) is 6.95. The molecule has 1 radical (unpaired) electrons. The van der Waals surface area contributed by atoms with E-state index in [1.807, 2.05) is 12.1 Å². The van der Waals surface area contributed by atoms with Crippen LogP contribution in [0.1, 0.15) is 25.0 Å². The molecule has 0 amide bonds. The van der Waals surface area contributed by atoms with Gasteiger partial charge in [-0.3, -0.25) is 0 Å². The van der Waals surface area contributed by atoms with Crippen LogP contribution in [0.25, 0.3) is 0 Å². The third-order valence-electron chi connectivity index (χ3n) is 1.84. The van der Waals surface area contributed by atoms with Crippen molar-refractivity contribution in [3.05, 3.63) is 34.3 Å². The summed E-state index contributed by atoms with van der Waals surface area (Å²) < 4.78 is 0. The first-order valence-electron chi connectivity index (χ1n) is 3.97. The first-order chi connectivity index (χ1) is 5.29. The average molecular weight is 168 g/mol. The zero-order chi connectivity index (χ0) is 8.27. The highest BCUT2D eigenvalue weighted by atomic mass is 35.5. The summed E-state index contributed by atoms with van der Waals surface area (Å²) >= 11 is 6.09. The molecule has 1 heteroatoms. The second-order valence-corrected chi connectivity index (χ2v) is 2.90. The van der Waals surface area contributed by atoms with Gasteiger partial charge in [0.25, 0.3) is 0 Å². The van der Waals surface area contributed by atoms with Gasteiger partial charge in [0, 0.05) is 5.02 Å². The molecule has 11 heavy (non-hydrogen) atoms. The molecule has 59 valence electrons. The van der Waals surface area contributed by atoms with E-state index in [4.69, 9.17) is 11.6 Å². The smallest absolute Gasteiger partial charge is 0.0470 e. The lowest BCUT2D eigenvalue weighted by molar-refractivity contribution is 1.09. The maximum atomic E-state index is 6.09. The van der Waals surface area contributed by atoms with Crippen LogP contribution in [0.5, 0.6) is 0 Å². The molecule has 0 nitrogen and oxygen atoms in total. The summed E-state index contributed by atoms with van der Waals surface area (Å²) in [7, 11) is 0. The van der Waals surface area contributed by atoms with Crippen molar-refractivity contribution in [2.45, 2.75) is 26.7 Å². The molecule has 0 aliphatic rings. The lowest BCUT2D eigenvalue weighted by atomic mass is 10.1. The first kappa shape index (κ1) is 8.61. The Kier molecular flexibility index (Phi) is 2.95. The van der Waals surface area contributed by atoms with Gasteiger partial charge in [-0.1, -0.05) is 25.4 Å². The Balaban J connectivity index is 3.10. The summed E-state index contributed by atoms with van der Waals surface area (Å²) in [6.07, 6.45) is 1.98. The van der Waals surface area contributed by atoms with E-state index in [1.165, 1.54) is 11.1 Å². The van der Waals surface area contributed by atoms with Crippen LogP contribution in [0.3, 0.4) is 0 Å². The van der Waals surface area contributed by atoms with Crippen LogP contribution in [-0.4, -0.2) is 0 Å². The number of halogens is 1. The number of hydrogen-bond donors (Lipinski definition) is 0. The van der Waals surface area contributed by atoms with Gasteiger partial charge in [0.15, 0.2) is 0 Å². The molecule has 0 aromatic heterocycles. The molecule has 0 atom stereocenters. The minimum atomic E-state index is 0.925. The van der Waals surface area contributed by atoms with Crippen molar-refractivity contribution >= 4 is 11.6 Å². The minimum absolute atomic E-state index is 0.925. The molecule has 1 aromatic rings. The maximum absolute atomic E-state index is 6.09. The van der Waals surface area contributed by atoms with Crippen LogP contribution in [0.4, 0.5) is 0 Å². The summed E-state index contributed by atoms with van der Waals surface area (Å²) in [5.41, 5.74) is 2.40. The van der Waals surface area contributed by atoms with Gasteiger partial charge >= 0.3 is 0 Å². The molecule has 1 aromatic carbocycles. The summed E-state index contributed by atoms with van der Waals surface area (Å²) in [6.45, 7) is 4.21. The lowest BCUT2D eigenvalue weighted by Gasteiger charge is -2.04. The van der Waals surface area contributed by atoms with Gasteiger partial charge in [-0.25, -0.2) is 0 Å². The lowest BCUT2D eigenvalue weighted by Crippen LogP contribution is -1.88. The van der Waals surface area contributed by atoms with E-state index >= 15 is 0 Å². The van der Waals surface area contributed by atoms with Crippen LogP contribution < -0.4 is 0 Å². The van der Waals surface area contributed by atoms with Gasteiger partial charge in [-0.2, -0.15) is 0 Å². The van der Waals surface area contributed by atoms with E-state index in [0.717, 1.165) is 17.9 Å². The Morgan fingerprint density at radius 2 is 1.64 bits per heavy atom. The highest BCUT2D eigenvalue weighted by Gasteiger charge is 2.01. The quantitative estimate of drug-likeness (QED) is 0.635. The van der Waals surface area contributed by atoms with Crippen LogP contribution in [0.15, 0.2) is 12.1 Å². The first-order valence-corrected chi connectivity index (χ1v) is 4.34. The van der Waals surface area contributed by atoms with Gasteiger partial charge in [0.05, 0.1) is 0 Å². The molecule has 0 aliphatic carbocycles. The van der Waals surface area contributed by atoms with E-state index in [1.54, 1.807) is 0 Å². The Hall–Kier alpha value is -0.490. The summed E-state index contributed by atoms with van der Waals surface area (Å²) in [4.78, 5) is 0. The number of hydrogen-bond acceptors (Lipinski definition) is 0. The number of rotatable bonds is 2. The van der Waals surface area contributed by atoms with Gasteiger partial charge in [0.1, 0.15) is 0 Å². The van der Waals surface area contributed by atoms with E-state index in [9.17, 15) is 0 Å². The third-order valence-corrected chi connectivity index (χ3v) is 2.33. The highest BCUT2D eigenvalue weighted by Crippen LogP contribution is 2.21. The fourth-order valence-corrected chi connectivity index (χ4v) is 1.47. The molecule has 0 bridgehead atoms. The van der Waals surface area contributed by atoms with Crippen molar-refractivity contribution in [2.24, 2.45) is 0 Å². The van der Waals surface area contributed by atoms with Crippen molar-refractivity contribution < 1.29 is 0 Å². The van der Waals surface area contributed by atoms with Gasteiger partial charge in [0.2, 0.25) is 0 Å². The summed E-state index contributed by atoms with van der Waals surface area (Å²) in [5.74, 6) is 0. The molecular formula is C10H12Cl. The minimum Gasteiger partial charge on any atom is -0.0837 e. The van der Waals surface area contributed by atoms with Crippen LogP contribution in [0.2, 0.25) is 5.02 Å². The van der Waals surface area contributed by atoms with E-state index in [0.29, 0.717) is 0 Å². The highest BCUT2D eigenvalue weighted by molar-refractivity contribution is 6.32. The van der Waals surface area contributed by atoms with Crippen LogP contribution in [0, 0.1) is 6.07 Å². The van der Waals surface area contributed by atoms with Gasteiger partial charge < -0.3 is 0 Å². The van der Waals surface area contributed by atoms with Crippen LogP contribution in [-0.2, 0) is 12.8 Å². The van der Waals surface area contributed by atoms with Crippen LogP contribution >= 0.6 is 11.6 Å². The fraction of sp³-hybridized carbons (Fsp3) is 0.400. The zero-order valence-corrected chi connectivity index (χ0v) is 7.70. The Morgan fingerprint density at radius 1 is 1.18 bits per heavy atom. The Morgan fingerprint density at radius 3 is 2.00 bits per heavy atom. The standard InChI is InChI=1S/C10H12Cl/c1-3-8-6-5-7-9(4-2)10(8)11/h6-7H,3-4H2,1-2H3. The largest absolute Gasteiger partial charge is 0.0837 e. The van der Waals surface area contributed by atoms with E-state index < -0.39 is 0 Å². The summed E-state index contributed by atoms with van der Waals surface area (Å²) in [5, 5.41) is 0.925. The Labute approximate surface area is 73.2 Å². The summed E-state index contributed by atoms with van der Waals surface area (Å²) in [6, 6.07) is 7.01. The second-order valence-electron chi connectivity index (χ2n) is 2.53. The van der Waals surface area contributed by atoms with Crippen molar-refractivity contribution in [1.29, 1.82) is 0 Å².